The number of likely N-dealkylation sites (tertiary alicyclic amines) is 1. The minimum Gasteiger partial charge on any atom is -0.458 e. The average Bonchev–Trinajstić information content (AvgIpc) is 3.03. The number of rotatable bonds is 3. The van der Waals surface area contributed by atoms with Gasteiger partial charge in [0.15, 0.2) is 0 Å². The predicted molar refractivity (Wildman–Crippen MR) is 85.7 cm³/mol. The lowest BCUT2D eigenvalue weighted by molar-refractivity contribution is 0.0928. The molecular formula is C15H21BrN4O2. The minimum atomic E-state index is -0.0377. The van der Waals surface area contributed by atoms with Crippen LogP contribution < -0.4 is 10.1 Å². The monoisotopic (exact) mass is 368 g/mol. The van der Waals surface area contributed by atoms with Crippen molar-refractivity contribution in [2.24, 2.45) is 0 Å². The lowest BCUT2D eigenvalue weighted by Crippen LogP contribution is -2.50. The molecule has 22 heavy (non-hydrogen) atoms. The predicted octanol–water partition coefficient (Wildman–Crippen LogP) is 2.73. The van der Waals surface area contributed by atoms with Gasteiger partial charge in [0.05, 0.1) is 11.0 Å². The van der Waals surface area contributed by atoms with E-state index in [0.717, 1.165) is 36.7 Å². The number of amides is 2. The van der Waals surface area contributed by atoms with E-state index in [-0.39, 0.29) is 12.1 Å². The molecule has 0 aromatic carbocycles. The Bertz CT molecular complexity index is 505. The number of ether oxygens (including phenoxy) is 1. The fourth-order valence-corrected chi connectivity index (χ4v) is 3.27. The second-order valence-electron chi connectivity index (χ2n) is 5.94. The highest BCUT2D eigenvalue weighted by Gasteiger charge is 2.27. The molecular weight excluding hydrogens is 348 g/mol. The topological polar surface area (TPSA) is 67.4 Å². The Hall–Kier alpha value is -1.37. The van der Waals surface area contributed by atoms with E-state index in [9.17, 15) is 4.79 Å². The fraction of sp³-hybridized carbons (Fsp3) is 0.667. The summed E-state index contributed by atoms with van der Waals surface area (Å²) in [4.78, 5) is 22.4. The molecule has 120 valence electrons. The number of carbonyl (C=O) groups is 1. The first-order valence-electron chi connectivity index (χ1n) is 7.90. The highest BCUT2D eigenvalue weighted by molar-refractivity contribution is 9.10. The van der Waals surface area contributed by atoms with Gasteiger partial charge < -0.3 is 15.0 Å². The lowest BCUT2D eigenvalue weighted by atomic mass is 10.1. The van der Waals surface area contributed by atoms with E-state index in [2.05, 4.69) is 31.2 Å². The van der Waals surface area contributed by atoms with Crippen molar-refractivity contribution in [3.8, 4) is 6.01 Å². The molecule has 1 aromatic rings. The number of hydrogen-bond acceptors (Lipinski definition) is 4. The van der Waals surface area contributed by atoms with Crippen LogP contribution in [0.1, 0.15) is 38.5 Å². The third-order valence-electron chi connectivity index (χ3n) is 4.22. The average molecular weight is 369 g/mol. The van der Waals surface area contributed by atoms with Crippen molar-refractivity contribution in [1.29, 1.82) is 0 Å². The standard InChI is InChI=1S/C15H21BrN4O2/c16-11-8-17-14(18-9-11)22-13-6-3-7-20(10-13)15(21)19-12-4-1-2-5-12/h8-9,12-13H,1-7,10H2,(H,19,21). The van der Waals surface area contributed by atoms with Crippen LogP contribution in [0.4, 0.5) is 4.79 Å². The summed E-state index contributed by atoms with van der Waals surface area (Å²) in [6.07, 6.45) is 9.80. The molecule has 0 radical (unpaired) electrons. The molecule has 1 aromatic heterocycles. The third-order valence-corrected chi connectivity index (χ3v) is 4.63. The van der Waals surface area contributed by atoms with Crippen LogP contribution in [-0.4, -0.2) is 46.1 Å². The molecule has 1 aliphatic heterocycles. The van der Waals surface area contributed by atoms with Gasteiger partial charge in [-0.2, -0.15) is 0 Å². The molecule has 2 fully saturated rings. The van der Waals surface area contributed by atoms with Crippen molar-refractivity contribution < 1.29 is 9.53 Å². The van der Waals surface area contributed by atoms with Crippen molar-refractivity contribution in [3.05, 3.63) is 16.9 Å². The van der Waals surface area contributed by atoms with Gasteiger partial charge in [-0.25, -0.2) is 14.8 Å². The zero-order valence-electron chi connectivity index (χ0n) is 12.5. The van der Waals surface area contributed by atoms with Gasteiger partial charge in [-0.1, -0.05) is 12.8 Å². The minimum absolute atomic E-state index is 0.0377. The van der Waals surface area contributed by atoms with Crippen molar-refractivity contribution in [3.63, 3.8) is 0 Å². The van der Waals surface area contributed by atoms with Crippen LogP contribution in [0.25, 0.3) is 0 Å². The third kappa shape index (κ3) is 4.09. The van der Waals surface area contributed by atoms with Gasteiger partial charge in [0.2, 0.25) is 0 Å². The number of aromatic nitrogens is 2. The van der Waals surface area contributed by atoms with Gasteiger partial charge in [-0.3, -0.25) is 0 Å². The van der Waals surface area contributed by atoms with Crippen LogP contribution in [0.2, 0.25) is 0 Å². The van der Waals surface area contributed by atoms with E-state index < -0.39 is 0 Å². The normalized spacial score (nSPS) is 22.6. The number of hydrogen-bond donors (Lipinski definition) is 1. The Morgan fingerprint density at radius 3 is 2.68 bits per heavy atom. The van der Waals surface area contributed by atoms with Gasteiger partial charge in [0, 0.05) is 25.0 Å². The van der Waals surface area contributed by atoms with E-state index >= 15 is 0 Å². The van der Waals surface area contributed by atoms with Gasteiger partial charge in [-0.15, -0.1) is 0 Å². The van der Waals surface area contributed by atoms with Crippen molar-refractivity contribution in [2.45, 2.75) is 50.7 Å². The number of nitrogens with one attached hydrogen (secondary N) is 1. The first kappa shape index (κ1) is 15.5. The van der Waals surface area contributed by atoms with E-state index in [1.807, 2.05) is 4.90 Å². The molecule has 2 amide bonds. The summed E-state index contributed by atoms with van der Waals surface area (Å²) >= 11 is 3.30. The highest BCUT2D eigenvalue weighted by atomic mass is 79.9. The van der Waals surface area contributed by atoms with E-state index in [4.69, 9.17) is 4.74 Å². The molecule has 1 unspecified atom stereocenters. The zero-order chi connectivity index (χ0) is 15.4. The fourth-order valence-electron chi connectivity index (χ4n) is 3.07. The molecule has 2 aliphatic rings. The Kier molecular flexibility index (Phi) is 5.12. The van der Waals surface area contributed by atoms with Gasteiger partial charge >= 0.3 is 12.0 Å². The Balaban J connectivity index is 1.52. The lowest BCUT2D eigenvalue weighted by Gasteiger charge is -2.33. The molecule has 7 heteroatoms. The number of halogens is 1. The van der Waals surface area contributed by atoms with Crippen LogP contribution >= 0.6 is 15.9 Å². The molecule has 1 N–H and O–H groups in total. The molecule has 1 aliphatic carbocycles. The summed E-state index contributed by atoms with van der Waals surface area (Å²) in [7, 11) is 0. The van der Waals surface area contributed by atoms with Gasteiger partial charge in [-0.05, 0) is 41.6 Å². The molecule has 2 heterocycles. The van der Waals surface area contributed by atoms with Crippen LogP contribution in [0, 0.1) is 0 Å². The smallest absolute Gasteiger partial charge is 0.317 e. The number of urea groups is 1. The van der Waals surface area contributed by atoms with Crippen LogP contribution in [0.15, 0.2) is 16.9 Å². The second kappa shape index (κ2) is 7.26. The van der Waals surface area contributed by atoms with Crippen LogP contribution in [0.5, 0.6) is 6.01 Å². The Labute approximate surface area is 138 Å². The molecule has 1 saturated carbocycles. The molecule has 0 spiro atoms. The first-order chi connectivity index (χ1) is 10.7. The van der Waals surface area contributed by atoms with E-state index in [1.54, 1.807) is 12.4 Å². The summed E-state index contributed by atoms with van der Waals surface area (Å²) in [6.45, 7) is 1.39. The number of piperidine rings is 1. The Morgan fingerprint density at radius 1 is 1.23 bits per heavy atom. The van der Waals surface area contributed by atoms with Crippen molar-refractivity contribution >= 4 is 22.0 Å². The summed E-state index contributed by atoms with van der Waals surface area (Å²) in [5.41, 5.74) is 0. The molecule has 1 saturated heterocycles. The second-order valence-corrected chi connectivity index (χ2v) is 6.86. The maximum atomic E-state index is 12.3. The maximum absolute atomic E-state index is 12.3. The maximum Gasteiger partial charge on any atom is 0.317 e. The summed E-state index contributed by atoms with van der Waals surface area (Å²) in [5.74, 6) is 0. The largest absolute Gasteiger partial charge is 0.458 e. The molecule has 1 atom stereocenters. The quantitative estimate of drug-likeness (QED) is 0.890. The summed E-state index contributed by atoms with van der Waals surface area (Å²) in [5, 5.41) is 3.13. The Morgan fingerprint density at radius 2 is 1.95 bits per heavy atom. The van der Waals surface area contributed by atoms with Gasteiger partial charge in [0.1, 0.15) is 6.10 Å². The van der Waals surface area contributed by atoms with Gasteiger partial charge in [0.25, 0.3) is 0 Å². The van der Waals surface area contributed by atoms with Crippen molar-refractivity contribution in [2.75, 3.05) is 13.1 Å². The summed E-state index contributed by atoms with van der Waals surface area (Å²) in [6, 6.07) is 0.756. The molecule has 6 nitrogen and oxygen atoms in total. The SMILES string of the molecule is O=C(NC1CCCC1)N1CCCC(Oc2ncc(Br)cn2)C1. The van der Waals surface area contributed by atoms with Crippen molar-refractivity contribution in [1.82, 2.24) is 20.2 Å². The zero-order valence-corrected chi connectivity index (χ0v) is 14.1. The molecule has 3 rings (SSSR count). The first-order valence-corrected chi connectivity index (χ1v) is 8.69. The van der Waals surface area contributed by atoms with E-state index in [1.165, 1.54) is 12.8 Å². The number of nitrogens with zero attached hydrogens (tertiary/aromatic N) is 3. The molecule has 0 bridgehead atoms. The van der Waals surface area contributed by atoms with E-state index in [0.29, 0.717) is 18.6 Å². The number of carbonyl (C=O) groups excluding carboxylic acids is 1. The van der Waals surface area contributed by atoms with Crippen LogP contribution in [-0.2, 0) is 0 Å². The summed E-state index contributed by atoms with van der Waals surface area (Å²) < 4.78 is 6.62. The highest BCUT2D eigenvalue weighted by Crippen LogP contribution is 2.20. The van der Waals surface area contributed by atoms with Crippen LogP contribution in [0.3, 0.4) is 0 Å².